The van der Waals surface area contributed by atoms with Gasteiger partial charge in [-0.25, -0.2) is 0 Å². The van der Waals surface area contributed by atoms with Crippen molar-refractivity contribution in [1.82, 2.24) is 5.32 Å². The van der Waals surface area contributed by atoms with Gasteiger partial charge in [0, 0.05) is 17.4 Å². The number of rotatable bonds is 5. The lowest BCUT2D eigenvalue weighted by atomic mass is 10.1. The fraction of sp³-hybridized carbons (Fsp3) is 0.333. The fourth-order valence-corrected chi connectivity index (χ4v) is 2.71. The van der Waals surface area contributed by atoms with Crippen molar-refractivity contribution in [2.24, 2.45) is 4.99 Å². The van der Waals surface area contributed by atoms with Crippen LogP contribution < -0.4 is 19.5 Å². The van der Waals surface area contributed by atoms with E-state index in [0.29, 0.717) is 22.4 Å². The molecule has 1 amide bonds. The molecule has 118 valence electrons. The average molecular weight is 322 g/mol. The Kier molecular flexibility index (Phi) is 5.71. The average Bonchev–Trinajstić information content (AvgIpc) is 3.04. The molecule has 0 atom stereocenters. The summed E-state index contributed by atoms with van der Waals surface area (Å²) < 4.78 is 15.9. The molecule has 1 aromatic carbocycles. The van der Waals surface area contributed by atoms with Crippen LogP contribution in [0.3, 0.4) is 0 Å². The number of carbonyl (C=O) groups is 1. The molecule has 1 heterocycles. The molecule has 0 fully saturated rings. The number of nitrogens with zero attached hydrogens (tertiary/aromatic N) is 1. The zero-order valence-electron chi connectivity index (χ0n) is 12.7. The van der Waals surface area contributed by atoms with Gasteiger partial charge in [-0.1, -0.05) is 11.8 Å². The van der Waals surface area contributed by atoms with E-state index in [0.717, 1.165) is 17.9 Å². The van der Waals surface area contributed by atoms with Crippen LogP contribution in [0.15, 0.2) is 23.2 Å². The van der Waals surface area contributed by atoms with Crippen LogP contribution in [0.2, 0.25) is 0 Å². The van der Waals surface area contributed by atoms with Crippen molar-refractivity contribution in [3.05, 3.63) is 23.8 Å². The molecule has 0 unspecified atom stereocenters. The number of aliphatic imine (C=N–C) groups is 1. The van der Waals surface area contributed by atoms with Gasteiger partial charge in [-0.15, -0.1) is 0 Å². The standard InChI is InChI=1S/C15H18N2O4S/c1-19-11-6-4-10(13(20-2)14(11)21-3)5-7-12(18)17-15-16-8-9-22-15/h4-7H,8-9H2,1-3H3,(H,16,17,18)/b7-5+. The molecule has 7 heteroatoms. The van der Waals surface area contributed by atoms with Crippen molar-refractivity contribution in [3.8, 4) is 17.2 Å². The van der Waals surface area contributed by atoms with Crippen LogP contribution in [0.25, 0.3) is 6.08 Å². The van der Waals surface area contributed by atoms with E-state index in [1.165, 1.54) is 24.9 Å². The van der Waals surface area contributed by atoms with Crippen LogP contribution in [0, 0.1) is 0 Å². The van der Waals surface area contributed by atoms with Crippen LogP contribution >= 0.6 is 11.8 Å². The maximum absolute atomic E-state index is 11.9. The summed E-state index contributed by atoms with van der Waals surface area (Å²) in [5.74, 6) is 2.24. The second-order valence-corrected chi connectivity index (χ2v) is 5.37. The van der Waals surface area contributed by atoms with Crippen molar-refractivity contribution < 1.29 is 19.0 Å². The first-order chi connectivity index (χ1) is 10.7. The Hall–Kier alpha value is -2.15. The third-order valence-corrected chi connectivity index (χ3v) is 3.86. The molecular formula is C15H18N2O4S. The highest BCUT2D eigenvalue weighted by Gasteiger charge is 2.14. The summed E-state index contributed by atoms with van der Waals surface area (Å²) in [6.07, 6.45) is 3.10. The highest BCUT2D eigenvalue weighted by molar-refractivity contribution is 8.14. The molecule has 0 spiro atoms. The fourth-order valence-electron chi connectivity index (χ4n) is 1.98. The van der Waals surface area contributed by atoms with Gasteiger partial charge < -0.3 is 19.5 Å². The van der Waals surface area contributed by atoms with Gasteiger partial charge in [-0.3, -0.25) is 9.79 Å². The van der Waals surface area contributed by atoms with Crippen LogP contribution in [0.1, 0.15) is 5.56 Å². The number of amides is 1. The summed E-state index contributed by atoms with van der Waals surface area (Å²) in [5.41, 5.74) is 0.719. The van der Waals surface area contributed by atoms with Crippen molar-refractivity contribution in [1.29, 1.82) is 0 Å². The first-order valence-electron chi connectivity index (χ1n) is 6.65. The lowest BCUT2D eigenvalue weighted by molar-refractivity contribution is -0.115. The van der Waals surface area contributed by atoms with Gasteiger partial charge in [-0.05, 0) is 18.2 Å². The molecule has 1 aliphatic rings. The number of hydrogen-bond donors (Lipinski definition) is 1. The van der Waals surface area contributed by atoms with E-state index in [1.807, 2.05) is 0 Å². The van der Waals surface area contributed by atoms with Gasteiger partial charge in [0.1, 0.15) is 0 Å². The minimum Gasteiger partial charge on any atom is -0.493 e. The van der Waals surface area contributed by atoms with Crippen molar-refractivity contribution in [3.63, 3.8) is 0 Å². The zero-order chi connectivity index (χ0) is 15.9. The molecule has 0 aromatic heterocycles. The lowest BCUT2D eigenvalue weighted by Gasteiger charge is -2.13. The Morgan fingerprint density at radius 3 is 2.59 bits per heavy atom. The zero-order valence-corrected chi connectivity index (χ0v) is 13.5. The molecule has 0 aliphatic carbocycles. The third kappa shape index (κ3) is 3.73. The molecule has 22 heavy (non-hydrogen) atoms. The number of methoxy groups -OCH3 is 3. The maximum Gasteiger partial charge on any atom is 0.249 e. The third-order valence-electron chi connectivity index (χ3n) is 2.96. The van der Waals surface area contributed by atoms with Crippen LogP contribution in [0.4, 0.5) is 0 Å². The minimum atomic E-state index is -0.231. The Bertz CT molecular complexity index is 614. The van der Waals surface area contributed by atoms with Gasteiger partial charge in [0.2, 0.25) is 11.7 Å². The predicted octanol–water partition coefficient (Wildman–Crippen LogP) is 1.94. The molecule has 0 saturated carbocycles. The van der Waals surface area contributed by atoms with E-state index in [1.54, 1.807) is 32.4 Å². The summed E-state index contributed by atoms with van der Waals surface area (Å²) in [6, 6.07) is 3.56. The molecule has 1 N–H and O–H groups in total. The maximum atomic E-state index is 11.9. The number of benzene rings is 1. The SMILES string of the molecule is COc1ccc(/C=C/C(=O)NC2=NCCS2)c(OC)c1OC. The van der Waals surface area contributed by atoms with Gasteiger partial charge in [0.05, 0.1) is 27.9 Å². The predicted molar refractivity (Wildman–Crippen MR) is 88.0 cm³/mol. The highest BCUT2D eigenvalue weighted by Crippen LogP contribution is 2.40. The summed E-state index contributed by atoms with van der Waals surface area (Å²) in [5, 5.41) is 3.39. The summed E-state index contributed by atoms with van der Waals surface area (Å²) >= 11 is 1.53. The monoisotopic (exact) mass is 322 g/mol. The van der Waals surface area contributed by atoms with Crippen LogP contribution in [-0.4, -0.2) is 44.7 Å². The topological polar surface area (TPSA) is 69.2 Å². The largest absolute Gasteiger partial charge is 0.493 e. The molecule has 1 aliphatic heterocycles. The second kappa shape index (κ2) is 7.74. The number of carbonyl (C=O) groups excluding carboxylic acids is 1. The number of ether oxygens (including phenoxy) is 3. The molecule has 0 saturated heterocycles. The lowest BCUT2D eigenvalue weighted by Crippen LogP contribution is -2.25. The Balaban J connectivity index is 2.17. The number of nitrogens with one attached hydrogen (secondary N) is 1. The quantitative estimate of drug-likeness (QED) is 0.839. The Labute approximate surface area is 133 Å². The second-order valence-electron chi connectivity index (χ2n) is 4.28. The van der Waals surface area contributed by atoms with Crippen molar-refractivity contribution in [2.45, 2.75) is 0 Å². The van der Waals surface area contributed by atoms with E-state index in [2.05, 4.69) is 10.3 Å². The number of hydrogen-bond acceptors (Lipinski definition) is 6. The smallest absolute Gasteiger partial charge is 0.249 e. The van der Waals surface area contributed by atoms with E-state index >= 15 is 0 Å². The molecular weight excluding hydrogens is 304 g/mol. The molecule has 1 aromatic rings. The summed E-state index contributed by atoms with van der Waals surface area (Å²) in [4.78, 5) is 16.0. The van der Waals surface area contributed by atoms with Gasteiger partial charge in [0.15, 0.2) is 16.7 Å². The van der Waals surface area contributed by atoms with Crippen molar-refractivity contribution >= 4 is 28.9 Å². The normalized spacial score (nSPS) is 13.9. The first kappa shape index (κ1) is 16.2. The van der Waals surface area contributed by atoms with Crippen LogP contribution in [-0.2, 0) is 4.79 Å². The molecule has 0 radical (unpaired) electrons. The van der Waals surface area contributed by atoms with E-state index in [-0.39, 0.29) is 5.91 Å². The van der Waals surface area contributed by atoms with Gasteiger partial charge in [-0.2, -0.15) is 0 Å². The van der Waals surface area contributed by atoms with E-state index in [9.17, 15) is 4.79 Å². The van der Waals surface area contributed by atoms with E-state index < -0.39 is 0 Å². The van der Waals surface area contributed by atoms with Gasteiger partial charge in [0.25, 0.3) is 0 Å². The molecule has 6 nitrogen and oxygen atoms in total. The highest BCUT2D eigenvalue weighted by atomic mass is 32.2. The Morgan fingerprint density at radius 2 is 2.00 bits per heavy atom. The van der Waals surface area contributed by atoms with Gasteiger partial charge >= 0.3 is 0 Å². The Morgan fingerprint density at radius 1 is 1.23 bits per heavy atom. The summed E-state index contributed by atoms with van der Waals surface area (Å²) in [7, 11) is 4.63. The number of amidine groups is 1. The first-order valence-corrected chi connectivity index (χ1v) is 7.63. The summed E-state index contributed by atoms with van der Waals surface area (Å²) in [6.45, 7) is 0.744. The van der Waals surface area contributed by atoms with E-state index in [4.69, 9.17) is 14.2 Å². The van der Waals surface area contributed by atoms with Crippen molar-refractivity contribution in [2.75, 3.05) is 33.6 Å². The molecule has 0 bridgehead atoms. The number of thioether (sulfide) groups is 1. The van der Waals surface area contributed by atoms with Crippen LogP contribution in [0.5, 0.6) is 17.2 Å². The minimum absolute atomic E-state index is 0.231. The molecule has 2 rings (SSSR count).